The Bertz CT molecular complexity index is 88.9. The second kappa shape index (κ2) is 3.62. The second-order valence-electron chi connectivity index (χ2n) is 2.62. The Morgan fingerprint density at radius 3 is 2.78 bits per heavy atom. The second-order valence-corrected chi connectivity index (χ2v) is 2.62. The van der Waals surface area contributed by atoms with Crippen LogP contribution >= 0.6 is 0 Å². The molecule has 0 aliphatic heterocycles. The van der Waals surface area contributed by atoms with Gasteiger partial charge in [0.25, 0.3) is 0 Å². The highest BCUT2D eigenvalue weighted by Gasteiger charge is 2.15. The van der Waals surface area contributed by atoms with E-state index in [2.05, 4.69) is 5.32 Å². The molecule has 0 aromatic rings. The summed E-state index contributed by atoms with van der Waals surface area (Å²) in [5, 5.41) is 3.07. The van der Waals surface area contributed by atoms with E-state index in [-0.39, 0.29) is 0 Å². The summed E-state index contributed by atoms with van der Waals surface area (Å²) in [6, 6.07) is 0. The number of rotatable bonds is 4. The van der Waals surface area contributed by atoms with E-state index in [0.29, 0.717) is 6.54 Å². The van der Waals surface area contributed by atoms with E-state index < -0.39 is 0 Å². The van der Waals surface area contributed by atoms with Gasteiger partial charge in [0.05, 0.1) is 6.54 Å². The first kappa shape index (κ1) is 6.75. The van der Waals surface area contributed by atoms with Gasteiger partial charge in [0.15, 0.2) is 0 Å². The standard InChI is InChI=1S/C7H13NO/c9-5-4-8-6-7-2-1-3-7/h5,7-8H,1-4,6H2. The summed E-state index contributed by atoms with van der Waals surface area (Å²) in [5.74, 6) is 0.866. The van der Waals surface area contributed by atoms with Crippen LogP contribution in [0.4, 0.5) is 0 Å². The van der Waals surface area contributed by atoms with Crippen LogP contribution in [-0.4, -0.2) is 19.4 Å². The Hall–Kier alpha value is -0.370. The minimum Gasteiger partial charge on any atom is -0.310 e. The van der Waals surface area contributed by atoms with Crippen LogP contribution in [0.25, 0.3) is 0 Å². The molecule has 0 atom stereocenters. The number of nitrogens with one attached hydrogen (secondary N) is 1. The topological polar surface area (TPSA) is 29.1 Å². The molecule has 0 saturated heterocycles. The molecule has 0 amide bonds. The Morgan fingerprint density at radius 1 is 1.56 bits per heavy atom. The van der Waals surface area contributed by atoms with E-state index in [0.717, 1.165) is 18.7 Å². The molecule has 0 aromatic carbocycles. The van der Waals surface area contributed by atoms with Crippen molar-refractivity contribution >= 4 is 6.29 Å². The predicted octanol–water partition coefficient (Wildman–Crippen LogP) is 0.575. The molecule has 0 heterocycles. The smallest absolute Gasteiger partial charge is 0.133 e. The van der Waals surface area contributed by atoms with Crippen LogP contribution < -0.4 is 5.32 Å². The summed E-state index contributed by atoms with van der Waals surface area (Å²) in [5.41, 5.74) is 0. The molecule has 1 fully saturated rings. The van der Waals surface area contributed by atoms with Gasteiger partial charge in [-0.2, -0.15) is 0 Å². The van der Waals surface area contributed by atoms with E-state index in [1.807, 2.05) is 0 Å². The molecule has 0 aromatic heterocycles. The molecule has 1 saturated carbocycles. The lowest BCUT2D eigenvalue weighted by Crippen LogP contribution is -2.28. The molecule has 1 N–H and O–H groups in total. The highest BCUT2D eigenvalue weighted by atomic mass is 16.1. The number of carbonyl (C=O) groups is 1. The van der Waals surface area contributed by atoms with Gasteiger partial charge < -0.3 is 10.1 Å². The van der Waals surface area contributed by atoms with E-state index >= 15 is 0 Å². The third kappa shape index (κ3) is 2.14. The van der Waals surface area contributed by atoms with Crippen LogP contribution in [0.15, 0.2) is 0 Å². The molecule has 0 radical (unpaired) electrons. The van der Waals surface area contributed by atoms with Crippen LogP contribution in [0.1, 0.15) is 19.3 Å². The first-order chi connectivity index (χ1) is 4.43. The van der Waals surface area contributed by atoms with Crippen molar-refractivity contribution in [1.29, 1.82) is 0 Å². The summed E-state index contributed by atoms with van der Waals surface area (Å²) < 4.78 is 0. The quantitative estimate of drug-likeness (QED) is 0.442. The van der Waals surface area contributed by atoms with Crippen molar-refractivity contribution in [3.63, 3.8) is 0 Å². The molecular formula is C7H13NO. The lowest BCUT2D eigenvalue weighted by Gasteiger charge is -2.24. The number of carbonyl (C=O) groups excluding carboxylic acids is 1. The highest BCUT2D eigenvalue weighted by Crippen LogP contribution is 2.24. The maximum absolute atomic E-state index is 9.83. The highest BCUT2D eigenvalue weighted by molar-refractivity contribution is 5.51. The normalized spacial score (nSPS) is 19.1. The van der Waals surface area contributed by atoms with Crippen molar-refractivity contribution in [1.82, 2.24) is 5.32 Å². The fourth-order valence-corrected chi connectivity index (χ4v) is 1.04. The molecule has 0 unspecified atom stereocenters. The minimum atomic E-state index is 0.524. The van der Waals surface area contributed by atoms with Gasteiger partial charge in [0.2, 0.25) is 0 Å². The minimum absolute atomic E-state index is 0.524. The zero-order valence-electron chi connectivity index (χ0n) is 5.60. The number of hydrogen-bond donors (Lipinski definition) is 1. The average molecular weight is 127 g/mol. The van der Waals surface area contributed by atoms with E-state index in [9.17, 15) is 4.79 Å². The Morgan fingerprint density at radius 2 is 2.33 bits per heavy atom. The SMILES string of the molecule is O=CCNCC1CCC1. The first-order valence-corrected chi connectivity index (χ1v) is 3.58. The molecule has 52 valence electrons. The van der Waals surface area contributed by atoms with E-state index in [1.54, 1.807) is 0 Å². The monoisotopic (exact) mass is 127 g/mol. The molecule has 1 rings (SSSR count). The van der Waals surface area contributed by atoms with Gasteiger partial charge in [0.1, 0.15) is 6.29 Å². The lowest BCUT2D eigenvalue weighted by molar-refractivity contribution is -0.107. The fraction of sp³-hybridized carbons (Fsp3) is 0.857. The summed E-state index contributed by atoms with van der Waals surface area (Å²) in [6.07, 6.45) is 5.00. The third-order valence-corrected chi connectivity index (χ3v) is 1.89. The summed E-state index contributed by atoms with van der Waals surface area (Å²) in [4.78, 5) is 9.83. The van der Waals surface area contributed by atoms with Gasteiger partial charge in [-0.3, -0.25) is 0 Å². The molecule has 0 bridgehead atoms. The van der Waals surface area contributed by atoms with E-state index in [1.165, 1.54) is 19.3 Å². The molecular weight excluding hydrogens is 114 g/mol. The number of aldehydes is 1. The fourth-order valence-electron chi connectivity index (χ4n) is 1.04. The Balaban J connectivity index is 1.85. The van der Waals surface area contributed by atoms with Crippen molar-refractivity contribution in [2.45, 2.75) is 19.3 Å². The van der Waals surface area contributed by atoms with Crippen LogP contribution in [0, 0.1) is 5.92 Å². The summed E-state index contributed by atoms with van der Waals surface area (Å²) in [6.45, 7) is 1.56. The van der Waals surface area contributed by atoms with Crippen LogP contribution in [0.5, 0.6) is 0 Å². The maximum atomic E-state index is 9.83. The molecule has 9 heavy (non-hydrogen) atoms. The zero-order valence-corrected chi connectivity index (χ0v) is 5.60. The van der Waals surface area contributed by atoms with Crippen molar-refractivity contribution in [2.75, 3.05) is 13.1 Å². The van der Waals surface area contributed by atoms with Gasteiger partial charge in [0, 0.05) is 0 Å². The largest absolute Gasteiger partial charge is 0.310 e. The third-order valence-electron chi connectivity index (χ3n) is 1.89. The van der Waals surface area contributed by atoms with Gasteiger partial charge in [-0.1, -0.05) is 6.42 Å². The molecule has 1 aliphatic rings. The van der Waals surface area contributed by atoms with Gasteiger partial charge in [-0.25, -0.2) is 0 Å². The van der Waals surface area contributed by atoms with Crippen molar-refractivity contribution < 1.29 is 4.79 Å². The molecule has 2 heteroatoms. The average Bonchev–Trinajstić information content (AvgIpc) is 1.76. The summed E-state index contributed by atoms with van der Waals surface area (Å²) in [7, 11) is 0. The van der Waals surface area contributed by atoms with Crippen LogP contribution in [-0.2, 0) is 4.79 Å². The Labute approximate surface area is 55.6 Å². The van der Waals surface area contributed by atoms with Crippen molar-refractivity contribution in [3.8, 4) is 0 Å². The van der Waals surface area contributed by atoms with Gasteiger partial charge >= 0.3 is 0 Å². The van der Waals surface area contributed by atoms with Gasteiger partial charge in [-0.05, 0) is 25.3 Å². The number of hydrogen-bond acceptors (Lipinski definition) is 2. The zero-order chi connectivity index (χ0) is 6.53. The van der Waals surface area contributed by atoms with Crippen LogP contribution in [0.2, 0.25) is 0 Å². The molecule has 0 spiro atoms. The lowest BCUT2D eigenvalue weighted by atomic mass is 9.85. The van der Waals surface area contributed by atoms with Crippen molar-refractivity contribution in [2.24, 2.45) is 5.92 Å². The van der Waals surface area contributed by atoms with Gasteiger partial charge in [-0.15, -0.1) is 0 Å². The van der Waals surface area contributed by atoms with Crippen molar-refractivity contribution in [3.05, 3.63) is 0 Å². The van der Waals surface area contributed by atoms with E-state index in [4.69, 9.17) is 0 Å². The predicted molar refractivity (Wildman–Crippen MR) is 36.3 cm³/mol. The molecule has 1 aliphatic carbocycles. The van der Waals surface area contributed by atoms with Crippen LogP contribution in [0.3, 0.4) is 0 Å². The maximum Gasteiger partial charge on any atom is 0.133 e. The summed E-state index contributed by atoms with van der Waals surface area (Å²) >= 11 is 0. The first-order valence-electron chi connectivity index (χ1n) is 3.58. The Kier molecular flexibility index (Phi) is 2.71. The molecule has 2 nitrogen and oxygen atoms in total.